The lowest BCUT2D eigenvalue weighted by molar-refractivity contribution is -0.161. The van der Waals surface area contributed by atoms with Gasteiger partial charge in [-0.05, 0) is 26.3 Å². The standard InChI is InChI=1S/C16H19NO4.ClH/c1-17-11-7-8-12(17)16(15(20)21,13(18)9-11)14(19)10-5-3-2-4-6-10;/h2-6,11-13,18H,7-9H2,1H3,(H,20,21);1H/t11-,12+,13-,16+;/m0./s1. The van der Waals surface area contributed by atoms with Gasteiger partial charge in [0.2, 0.25) is 0 Å². The Morgan fingerprint density at radius 3 is 2.45 bits per heavy atom. The molecule has 2 N–H and O–H groups in total. The van der Waals surface area contributed by atoms with Gasteiger partial charge < -0.3 is 10.2 Å². The van der Waals surface area contributed by atoms with Gasteiger partial charge in [-0.3, -0.25) is 14.5 Å². The van der Waals surface area contributed by atoms with E-state index in [4.69, 9.17) is 0 Å². The summed E-state index contributed by atoms with van der Waals surface area (Å²) in [7, 11) is 1.85. The number of hydrogen-bond acceptors (Lipinski definition) is 4. The topological polar surface area (TPSA) is 77.8 Å². The Balaban J connectivity index is 0.00000176. The molecule has 2 aliphatic heterocycles. The molecule has 2 heterocycles. The zero-order valence-corrected chi connectivity index (χ0v) is 13.1. The van der Waals surface area contributed by atoms with Crippen LogP contribution in [0.25, 0.3) is 0 Å². The number of carboxylic acid groups (broad SMARTS) is 1. The number of Topliss-reactive ketones (excluding diaryl/α,β-unsaturated/α-hetero) is 1. The summed E-state index contributed by atoms with van der Waals surface area (Å²) >= 11 is 0. The number of halogens is 1. The quantitative estimate of drug-likeness (QED) is 0.652. The van der Waals surface area contributed by atoms with Crippen molar-refractivity contribution in [3.8, 4) is 0 Å². The molecule has 0 amide bonds. The van der Waals surface area contributed by atoms with Crippen molar-refractivity contribution in [2.75, 3.05) is 7.05 Å². The largest absolute Gasteiger partial charge is 0.480 e. The second kappa shape index (κ2) is 5.99. The molecule has 0 spiro atoms. The molecule has 0 radical (unpaired) electrons. The fourth-order valence-electron chi connectivity index (χ4n) is 4.02. The first-order valence-electron chi connectivity index (χ1n) is 7.22. The fourth-order valence-corrected chi connectivity index (χ4v) is 4.02. The second-order valence-corrected chi connectivity index (χ2v) is 6.03. The van der Waals surface area contributed by atoms with Gasteiger partial charge in [0.15, 0.2) is 11.2 Å². The molecule has 1 aromatic rings. The molecule has 2 bridgehead atoms. The molecule has 1 aromatic carbocycles. The molecular weight excluding hydrogens is 306 g/mol. The fraction of sp³-hybridized carbons (Fsp3) is 0.500. The molecule has 0 aliphatic carbocycles. The van der Waals surface area contributed by atoms with Crippen LogP contribution in [-0.4, -0.2) is 52.1 Å². The molecule has 0 saturated carbocycles. The van der Waals surface area contributed by atoms with E-state index in [2.05, 4.69) is 0 Å². The number of aliphatic hydroxyl groups excluding tert-OH is 1. The minimum absolute atomic E-state index is 0. The number of carboxylic acids is 1. The molecule has 5 nitrogen and oxygen atoms in total. The van der Waals surface area contributed by atoms with Crippen LogP contribution < -0.4 is 0 Å². The van der Waals surface area contributed by atoms with E-state index in [0.717, 1.165) is 6.42 Å². The maximum Gasteiger partial charge on any atom is 0.321 e. The number of aliphatic carboxylic acids is 1. The van der Waals surface area contributed by atoms with Crippen LogP contribution >= 0.6 is 12.4 Å². The van der Waals surface area contributed by atoms with Crippen LogP contribution in [-0.2, 0) is 4.79 Å². The average Bonchev–Trinajstić information content (AvgIpc) is 2.73. The van der Waals surface area contributed by atoms with Gasteiger partial charge in [0.1, 0.15) is 0 Å². The third kappa shape index (κ3) is 2.16. The van der Waals surface area contributed by atoms with Crippen LogP contribution in [0.3, 0.4) is 0 Å². The van der Waals surface area contributed by atoms with Crippen molar-refractivity contribution in [3.05, 3.63) is 35.9 Å². The van der Waals surface area contributed by atoms with E-state index in [-0.39, 0.29) is 18.4 Å². The Bertz CT molecular complexity index is 579. The number of benzene rings is 1. The highest BCUT2D eigenvalue weighted by molar-refractivity contribution is 6.13. The third-order valence-electron chi connectivity index (χ3n) is 5.15. The monoisotopic (exact) mass is 325 g/mol. The Hall–Kier alpha value is -1.43. The van der Waals surface area contributed by atoms with Gasteiger partial charge >= 0.3 is 5.97 Å². The normalized spacial score (nSPS) is 34.0. The van der Waals surface area contributed by atoms with E-state index in [1.165, 1.54) is 0 Å². The number of rotatable bonds is 3. The first-order chi connectivity index (χ1) is 9.99. The molecule has 3 rings (SSSR count). The van der Waals surface area contributed by atoms with Gasteiger partial charge in [0, 0.05) is 17.6 Å². The van der Waals surface area contributed by atoms with Crippen LogP contribution in [0.15, 0.2) is 30.3 Å². The number of carbonyl (C=O) groups is 2. The number of carbonyl (C=O) groups excluding carboxylic acids is 1. The SMILES string of the molecule is CN1[C@H]2CC[C@@H]1[C@](C(=O)O)(C(=O)c1ccccc1)[C@@H](O)C2.Cl. The van der Waals surface area contributed by atoms with Crippen LogP contribution in [0.4, 0.5) is 0 Å². The van der Waals surface area contributed by atoms with E-state index in [1.54, 1.807) is 30.3 Å². The van der Waals surface area contributed by atoms with Crippen molar-refractivity contribution < 1.29 is 19.8 Å². The van der Waals surface area contributed by atoms with Crippen molar-refractivity contribution in [3.63, 3.8) is 0 Å². The highest BCUT2D eigenvalue weighted by Crippen LogP contribution is 2.48. The van der Waals surface area contributed by atoms with Gasteiger partial charge in [-0.2, -0.15) is 0 Å². The lowest BCUT2D eigenvalue weighted by atomic mass is 9.67. The van der Waals surface area contributed by atoms with E-state index < -0.39 is 29.3 Å². The van der Waals surface area contributed by atoms with Gasteiger partial charge in [-0.1, -0.05) is 30.3 Å². The number of fused-ring (bicyclic) bond motifs is 2. The lowest BCUT2D eigenvalue weighted by Crippen LogP contribution is -2.64. The molecule has 0 aromatic heterocycles. The second-order valence-electron chi connectivity index (χ2n) is 6.03. The summed E-state index contributed by atoms with van der Waals surface area (Å²) in [5.41, 5.74) is -1.42. The Kier molecular flexibility index (Phi) is 4.61. The summed E-state index contributed by atoms with van der Waals surface area (Å²) in [6.45, 7) is 0. The van der Waals surface area contributed by atoms with E-state index in [9.17, 15) is 19.8 Å². The van der Waals surface area contributed by atoms with Crippen molar-refractivity contribution >= 4 is 24.2 Å². The summed E-state index contributed by atoms with van der Waals surface area (Å²) in [5.74, 6) is -1.71. The Morgan fingerprint density at radius 2 is 1.86 bits per heavy atom. The summed E-state index contributed by atoms with van der Waals surface area (Å²) in [5, 5.41) is 20.3. The van der Waals surface area contributed by atoms with Gasteiger partial charge in [0.25, 0.3) is 0 Å². The first-order valence-corrected chi connectivity index (χ1v) is 7.22. The molecule has 120 valence electrons. The van der Waals surface area contributed by atoms with Crippen LogP contribution in [0.1, 0.15) is 29.6 Å². The number of aliphatic hydroxyl groups is 1. The van der Waals surface area contributed by atoms with E-state index >= 15 is 0 Å². The van der Waals surface area contributed by atoms with Crippen LogP contribution in [0, 0.1) is 5.41 Å². The smallest absolute Gasteiger partial charge is 0.321 e. The predicted octanol–water partition coefficient (Wildman–Crippen LogP) is 1.59. The summed E-state index contributed by atoms with van der Waals surface area (Å²) in [4.78, 5) is 26.9. The minimum atomic E-state index is -1.76. The van der Waals surface area contributed by atoms with Gasteiger partial charge in [-0.15, -0.1) is 12.4 Å². The number of nitrogens with zero attached hydrogens (tertiary/aromatic N) is 1. The zero-order valence-electron chi connectivity index (χ0n) is 12.3. The average molecular weight is 326 g/mol. The summed E-state index contributed by atoms with van der Waals surface area (Å²) in [6, 6.07) is 8.14. The maximum absolute atomic E-state index is 12.9. The van der Waals surface area contributed by atoms with Crippen molar-refractivity contribution in [2.24, 2.45) is 5.41 Å². The lowest BCUT2D eigenvalue weighted by Gasteiger charge is -2.46. The van der Waals surface area contributed by atoms with E-state index in [0.29, 0.717) is 18.4 Å². The molecule has 2 aliphatic rings. The molecular formula is C16H20ClNO4. The highest BCUT2D eigenvalue weighted by Gasteiger charge is 2.64. The third-order valence-corrected chi connectivity index (χ3v) is 5.15. The summed E-state index contributed by atoms with van der Waals surface area (Å²) in [6.07, 6.45) is 0.646. The summed E-state index contributed by atoms with van der Waals surface area (Å²) < 4.78 is 0. The minimum Gasteiger partial charge on any atom is -0.480 e. The number of hydrogen-bond donors (Lipinski definition) is 2. The highest BCUT2D eigenvalue weighted by atomic mass is 35.5. The maximum atomic E-state index is 12.9. The van der Waals surface area contributed by atoms with Crippen molar-refractivity contribution in [1.29, 1.82) is 0 Å². The van der Waals surface area contributed by atoms with Crippen LogP contribution in [0.2, 0.25) is 0 Å². The van der Waals surface area contributed by atoms with E-state index in [1.807, 2.05) is 11.9 Å². The molecule has 0 unspecified atom stereocenters. The molecule has 4 atom stereocenters. The van der Waals surface area contributed by atoms with Gasteiger partial charge in [-0.25, -0.2) is 0 Å². The Labute approximate surface area is 135 Å². The molecule has 2 fully saturated rings. The number of piperidine rings is 1. The Morgan fingerprint density at radius 1 is 1.23 bits per heavy atom. The zero-order chi connectivity index (χ0) is 15.2. The molecule has 22 heavy (non-hydrogen) atoms. The van der Waals surface area contributed by atoms with Crippen molar-refractivity contribution in [1.82, 2.24) is 4.90 Å². The number of ketones is 1. The van der Waals surface area contributed by atoms with Crippen molar-refractivity contribution in [2.45, 2.75) is 37.5 Å². The van der Waals surface area contributed by atoms with Crippen LogP contribution in [0.5, 0.6) is 0 Å². The predicted molar refractivity (Wildman–Crippen MR) is 83.3 cm³/mol. The van der Waals surface area contributed by atoms with Gasteiger partial charge in [0.05, 0.1) is 6.10 Å². The first kappa shape index (κ1) is 16.9. The molecule has 6 heteroatoms. The molecule has 2 saturated heterocycles.